The van der Waals surface area contributed by atoms with Crippen molar-refractivity contribution in [2.75, 3.05) is 17.2 Å². The van der Waals surface area contributed by atoms with Crippen molar-refractivity contribution < 1.29 is 24.3 Å². The molecule has 4 aromatic rings. The van der Waals surface area contributed by atoms with Crippen LogP contribution in [0.1, 0.15) is 34.5 Å². The molecule has 4 amide bonds. The maximum Gasteiger partial charge on any atom is 0.337 e. The van der Waals surface area contributed by atoms with Crippen molar-refractivity contribution in [1.82, 2.24) is 14.8 Å². The van der Waals surface area contributed by atoms with Crippen molar-refractivity contribution in [1.29, 1.82) is 0 Å². The van der Waals surface area contributed by atoms with Gasteiger partial charge in [0.25, 0.3) is 0 Å². The van der Waals surface area contributed by atoms with Gasteiger partial charge in [0.05, 0.1) is 27.8 Å². The van der Waals surface area contributed by atoms with Gasteiger partial charge in [-0.1, -0.05) is 53.5 Å². The number of halogens is 2. The number of likely N-dealkylation sites (tertiary alicyclic amines) is 1. The van der Waals surface area contributed by atoms with Crippen LogP contribution in [0.4, 0.5) is 16.2 Å². The molecule has 0 aliphatic carbocycles. The number of carbonyl (C=O) groups excluding carboxylic acids is 3. The summed E-state index contributed by atoms with van der Waals surface area (Å²) in [5, 5.41) is 16.7. The van der Waals surface area contributed by atoms with Crippen molar-refractivity contribution in [2.45, 2.75) is 37.9 Å². The highest BCUT2D eigenvalue weighted by Gasteiger charge is 2.43. The molecule has 10 nitrogen and oxygen atoms in total. The van der Waals surface area contributed by atoms with Gasteiger partial charge < -0.3 is 30.5 Å². The molecule has 0 bridgehead atoms. The van der Waals surface area contributed by atoms with Crippen LogP contribution in [0.3, 0.4) is 0 Å². The number of aromatic carboxylic acids is 1. The molecule has 2 aliphatic heterocycles. The number of fused-ring (bicyclic) bond motifs is 3. The Balaban J connectivity index is 1.30. The van der Waals surface area contributed by atoms with Crippen LogP contribution in [-0.2, 0) is 22.6 Å². The highest BCUT2D eigenvalue weighted by atomic mass is 35.5. The maximum atomic E-state index is 14.3. The predicted molar refractivity (Wildman–Crippen MR) is 164 cm³/mol. The third-order valence-electron chi connectivity index (χ3n) is 7.97. The van der Waals surface area contributed by atoms with Gasteiger partial charge in [-0.05, 0) is 54.8 Å². The summed E-state index contributed by atoms with van der Waals surface area (Å²) in [5.41, 5.74) is 3.21. The zero-order valence-electron chi connectivity index (χ0n) is 22.8. The highest BCUT2D eigenvalue weighted by molar-refractivity contribution is 6.42. The molecule has 1 fully saturated rings. The number of carboxylic acid groups (broad SMARTS) is 1. The van der Waals surface area contributed by atoms with Crippen LogP contribution in [0.15, 0.2) is 66.7 Å². The Hall–Kier alpha value is -4.54. The molecule has 0 unspecified atom stereocenters. The fraction of sp³-hybridized carbons (Fsp3) is 0.226. The van der Waals surface area contributed by atoms with Crippen LogP contribution >= 0.6 is 23.2 Å². The summed E-state index contributed by atoms with van der Waals surface area (Å²) in [6.45, 7) is 0.473. The first-order chi connectivity index (χ1) is 20.7. The number of amides is 4. The first kappa shape index (κ1) is 28.6. The van der Waals surface area contributed by atoms with E-state index >= 15 is 0 Å². The van der Waals surface area contributed by atoms with E-state index in [0.717, 1.165) is 22.2 Å². The van der Waals surface area contributed by atoms with Gasteiger partial charge in [0.2, 0.25) is 11.8 Å². The molecule has 0 radical (unpaired) electrons. The molecule has 1 aromatic heterocycles. The lowest BCUT2D eigenvalue weighted by Gasteiger charge is -2.38. The van der Waals surface area contributed by atoms with Crippen LogP contribution in [0, 0.1) is 0 Å². The van der Waals surface area contributed by atoms with Crippen LogP contribution in [-0.4, -0.2) is 62.3 Å². The molecule has 3 aromatic carbocycles. The summed E-state index contributed by atoms with van der Waals surface area (Å²) in [5.74, 6) is -2.00. The second-order valence-electron chi connectivity index (χ2n) is 10.6. The number of carbonyl (C=O) groups is 4. The first-order valence-electron chi connectivity index (χ1n) is 13.8. The number of hydrogen-bond donors (Lipinski definition) is 4. The Kier molecular flexibility index (Phi) is 7.72. The summed E-state index contributed by atoms with van der Waals surface area (Å²) >= 11 is 12.2. The lowest BCUT2D eigenvalue weighted by atomic mass is 9.95. The standard InChI is InChI=1S/C31H27Cl2N5O5/c32-21-12-11-17(14-22(21)33)34-31(43)38-16-25-20(18-6-1-3-8-23(18)35-25)15-27(38)29(40)37-13-5-10-26(37)28(39)36-24-9-4-2-7-19(24)30(41)42/h1-4,6-9,11-12,14,26-27,35H,5,10,13,15-16H2,(H,34,43)(H,36,39)(H,41,42)/t26-,27+/m0/s1. The van der Waals surface area contributed by atoms with Crippen molar-refractivity contribution in [2.24, 2.45) is 0 Å². The molecule has 3 heterocycles. The number of urea groups is 1. The fourth-order valence-electron chi connectivity index (χ4n) is 5.90. The Labute approximate surface area is 256 Å². The van der Waals surface area contributed by atoms with Crippen molar-refractivity contribution >= 4 is 69.3 Å². The second-order valence-corrected chi connectivity index (χ2v) is 11.4. The second kappa shape index (κ2) is 11.6. The van der Waals surface area contributed by atoms with E-state index in [1.807, 2.05) is 24.3 Å². The third kappa shape index (κ3) is 5.51. The molecule has 12 heteroatoms. The number of carboxylic acids is 1. The topological polar surface area (TPSA) is 135 Å². The molecule has 0 saturated carbocycles. The number of benzene rings is 3. The van der Waals surface area contributed by atoms with Crippen LogP contribution in [0.5, 0.6) is 0 Å². The van der Waals surface area contributed by atoms with Gasteiger partial charge in [-0.2, -0.15) is 0 Å². The number of aromatic amines is 1. The number of anilines is 2. The Bertz CT molecular complexity index is 1770. The molecular weight excluding hydrogens is 593 g/mol. The highest BCUT2D eigenvalue weighted by Crippen LogP contribution is 2.33. The molecule has 2 atom stereocenters. The monoisotopic (exact) mass is 619 g/mol. The van der Waals surface area contributed by atoms with E-state index < -0.39 is 30.0 Å². The predicted octanol–water partition coefficient (Wildman–Crippen LogP) is 5.76. The Morgan fingerprint density at radius 3 is 2.44 bits per heavy atom. The lowest BCUT2D eigenvalue weighted by molar-refractivity contribution is -0.140. The van der Waals surface area contributed by atoms with Crippen LogP contribution in [0.25, 0.3) is 10.9 Å². The van der Waals surface area contributed by atoms with Gasteiger partial charge in [0.15, 0.2) is 0 Å². The lowest BCUT2D eigenvalue weighted by Crippen LogP contribution is -2.56. The normalized spacial score (nSPS) is 17.9. The van der Waals surface area contributed by atoms with E-state index in [-0.39, 0.29) is 35.1 Å². The molecule has 4 N–H and O–H groups in total. The number of H-pyrrole nitrogens is 1. The van der Waals surface area contributed by atoms with E-state index in [4.69, 9.17) is 23.2 Å². The quantitative estimate of drug-likeness (QED) is 0.225. The average molecular weight is 620 g/mol. The fourth-order valence-corrected chi connectivity index (χ4v) is 6.20. The van der Waals surface area contributed by atoms with Gasteiger partial charge >= 0.3 is 12.0 Å². The number of hydrogen-bond acceptors (Lipinski definition) is 4. The molecular formula is C31H27Cl2N5O5. The zero-order chi connectivity index (χ0) is 30.2. The Morgan fingerprint density at radius 2 is 1.65 bits per heavy atom. The van der Waals surface area contributed by atoms with Crippen molar-refractivity contribution in [3.8, 4) is 0 Å². The third-order valence-corrected chi connectivity index (χ3v) is 8.71. The summed E-state index contributed by atoms with van der Waals surface area (Å²) in [6, 6.07) is 16.4. The summed E-state index contributed by atoms with van der Waals surface area (Å²) in [7, 11) is 0. The molecule has 2 aliphatic rings. The summed E-state index contributed by atoms with van der Waals surface area (Å²) in [4.78, 5) is 59.4. The van der Waals surface area contributed by atoms with Gasteiger partial charge in [-0.3, -0.25) is 9.59 Å². The van der Waals surface area contributed by atoms with E-state index in [0.29, 0.717) is 30.1 Å². The van der Waals surface area contributed by atoms with Gasteiger partial charge in [0.1, 0.15) is 12.1 Å². The van der Waals surface area contributed by atoms with Gasteiger partial charge in [0, 0.05) is 35.2 Å². The average Bonchev–Trinajstić information content (AvgIpc) is 3.63. The smallest absolute Gasteiger partial charge is 0.337 e. The Morgan fingerprint density at radius 1 is 0.884 bits per heavy atom. The van der Waals surface area contributed by atoms with Crippen molar-refractivity contribution in [3.05, 3.63) is 93.6 Å². The minimum Gasteiger partial charge on any atom is -0.478 e. The summed E-state index contributed by atoms with van der Waals surface area (Å²) < 4.78 is 0. The molecule has 220 valence electrons. The zero-order valence-corrected chi connectivity index (χ0v) is 24.3. The SMILES string of the molecule is O=C(O)c1ccccc1NC(=O)[C@@H]1CCCN1C(=O)[C@H]1Cc2c([nH]c3ccccc23)CN1C(=O)Nc1ccc(Cl)c(Cl)c1. The van der Waals surface area contributed by atoms with Crippen LogP contribution in [0.2, 0.25) is 10.0 Å². The van der Waals surface area contributed by atoms with E-state index in [2.05, 4.69) is 15.6 Å². The van der Waals surface area contributed by atoms with Crippen LogP contribution < -0.4 is 10.6 Å². The number of rotatable bonds is 5. The number of aromatic nitrogens is 1. The number of nitrogens with zero attached hydrogens (tertiary/aromatic N) is 2. The number of nitrogens with one attached hydrogen (secondary N) is 3. The number of para-hydroxylation sites is 2. The largest absolute Gasteiger partial charge is 0.478 e. The first-order valence-corrected chi connectivity index (χ1v) is 14.5. The van der Waals surface area contributed by atoms with Gasteiger partial charge in [-0.25, -0.2) is 9.59 Å². The van der Waals surface area contributed by atoms with E-state index in [9.17, 15) is 24.3 Å². The molecule has 0 spiro atoms. The molecule has 6 rings (SSSR count). The molecule has 43 heavy (non-hydrogen) atoms. The van der Waals surface area contributed by atoms with Crippen molar-refractivity contribution in [3.63, 3.8) is 0 Å². The van der Waals surface area contributed by atoms with E-state index in [1.54, 1.807) is 24.3 Å². The summed E-state index contributed by atoms with van der Waals surface area (Å²) in [6.07, 6.45) is 1.25. The van der Waals surface area contributed by atoms with E-state index in [1.165, 1.54) is 28.0 Å². The van der Waals surface area contributed by atoms with Gasteiger partial charge in [-0.15, -0.1) is 0 Å². The minimum absolute atomic E-state index is 0.0454. The maximum absolute atomic E-state index is 14.3. The molecule has 1 saturated heterocycles. The minimum atomic E-state index is -1.17.